The van der Waals surface area contributed by atoms with Gasteiger partial charge in [0.1, 0.15) is 0 Å². The van der Waals surface area contributed by atoms with Gasteiger partial charge < -0.3 is 15.0 Å². The van der Waals surface area contributed by atoms with E-state index >= 15 is 0 Å². The summed E-state index contributed by atoms with van der Waals surface area (Å²) in [5.41, 5.74) is 0. The van der Waals surface area contributed by atoms with E-state index < -0.39 is 0 Å². The van der Waals surface area contributed by atoms with Crippen LogP contribution in [0.15, 0.2) is 0 Å². The van der Waals surface area contributed by atoms with Gasteiger partial charge in [0, 0.05) is 19.5 Å². The Morgan fingerprint density at radius 3 is 2.71 bits per heavy atom. The van der Waals surface area contributed by atoms with Gasteiger partial charge in [-0.15, -0.1) is 0 Å². The molecule has 17 heavy (non-hydrogen) atoms. The highest BCUT2D eigenvalue weighted by atomic mass is 16.5. The number of nitrogens with one attached hydrogen (secondary N) is 1. The van der Waals surface area contributed by atoms with Crippen LogP contribution >= 0.6 is 0 Å². The summed E-state index contributed by atoms with van der Waals surface area (Å²) in [5, 5.41) is 3.38. The molecular formula is C13H26N2O2. The summed E-state index contributed by atoms with van der Waals surface area (Å²) in [6.07, 6.45) is 5.50. The summed E-state index contributed by atoms with van der Waals surface area (Å²) in [6.45, 7) is 7.92. The fraction of sp³-hybridized carbons (Fsp3) is 0.923. The van der Waals surface area contributed by atoms with Gasteiger partial charge in [-0.05, 0) is 45.8 Å². The molecule has 100 valence electrons. The quantitative estimate of drug-likeness (QED) is 0.516. The molecule has 0 bridgehead atoms. The number of ether oxygens (including phenoxy) is 1. The third-order valence-corrected chi connectivity index (χ3v) is 3.09. The van der Waals surface area contributed by atoms with Gasteiger partial charge in [-0.25, -0.2) is 0 Å². The number of hydrogen-bond donors (Lipinski definition) is 1. The second kappa shape index (κ2) is 9.42. The average molecular weight is 242 g/mol. The SMILES string of the molecule is CCOC(=O)CCCNCCN1CCCCC1. The lowest BCUT2D eigenvalue weighted by Crippen LogP contribution is -2.36. The van der Waals surface area contributed by atoms with Gasteiger partial charge in [-0.1, -0.05) is 6.42 Å². The lowest BCUT2D eigenvalue weighted by molar-refractivity contribution is -0.143. The molecule has 0 aromatic heterocycles. The number of rotatable bonds is 8. The highest BCUT2D eigenvalue weighted by Gasteiger charge is 2.08. The van der Waals surface area contributed by atoms with Gasteiger partial charge in [-0.3, -0.25) is 4.79 Å². The molecule has 1 aliphatic heterocycles. The number of nitrogens with zero attached hydrogens (tertiary/aromatic N) is 1. The summed E-state index contributed by atoms with van der Waals surface area (Å²) < 4.78 is 4.87. The summed E-state index contributed by atoms with van der Waals surface area (Å²) >= 11 is 0. The smallest absolute Gasteiger partial charge is 0.305 e. The number of carbonyl (C=O) groups is 1. The molecule has 0 saturated carbocycles. The van der Waals surface area contributed by atoms with Gasteiger partial charge in [0.2, 0.25) is 0 Å². The Hall–Kier alpha value is -0.610. The van der Waals surface area contributed by atoms with Gasteiger partial charge in [-0.2, -0.15) is 0 Å². The van der Waals surface area contributed by atoms with Crippen molar-refractivity contribution in [2.45, 2.75) is 39.0 Å². The zero-order chi connectivity index (χ0) is 12.3. The topological polar surface area (TPSA) is 41.6 Å². The van der Waals surface area contributed by atoms with E-state index in [4.69, 9.17) is 4.74 Å². The van der Waals surface area contributed by atoms with Crippen molar-refractivity contribution in [3.8, 4) is 0 Å². The summed E-state index contributed by atoms with van der Waals surface area (Å²) in [6, 6.07) is 0. The van der Waals surface area contributed by atoms with E-state index in [1.807, 2.05) is 6.92 Å². The lowest BCUT2D eigenvalue weighted by Gasteiger charge is -2.26. The van der Waals surface area contributed by atoms with E-state index in [2.05, 4.69) is 10.2 Å². The van der Waals surface area contributed by atoms with Crippen molar-refractivity contribution in [3.63, 3.8) is 0 Å². The van der Waals surface area contributed by atoms with E-state index in [0.29, 0.717) is 13.0 Å². The molecule has 0 unspecified atom stereocenters. The Bertz CT molecular complexity index is 204. The summed E-state index contributed by atoms with van der Waals surface area (Å²) in [4.78, 5) is 13.6. The molecule has 0 spiro atoms. The first-order chi connectivity index (χ1) is 8.33. The summed E-state index contributed by atoms with van der Waals surface area (Å²) in [5.74, 6) is -0.0784. The maximum absolute atomic E-state index is 11.1. The molecule has 1 heterocycles. The molecule has 0 amide bonds. The van der Waals surface area contributed by atoms with E-state index in [1.165, 1.54) is 32.4 Å². The minimum atomic E-state index is -0.0784. The fourth-order valence-electron chi connectivity index (χ4n) is 2.14. The van der Waals surface area contributed by atoms with Crippen molar-refractivity contribution in [1.82, 2.24) is 10.2 Å². The van der Waals surface area contributed by atoms with Crippen LogP contribution in [0.3, 0.4) is 0 Å². The predicted molar refractivity (Wildman–Crippen MR) is 69.0 cm³/mol. The fourth-order valence-corrected chi connectivity index (χ4v) is 2.14. The Balaban J connectivity index is 1.85. The lowest BCUT2D eigenvalue weighted by atomic mass is 10.1. The molecule has 4 heteroatoms. The van der Waals surface area contributed by atoms with Crippen LogP contribution in [-0.4, -0.2) is 50.2 Å². The Morgan fingerprint density at radius 2 is 2.00 bits per heavy atom. The van der Waals surface area contributed by atoms with Crippen molar-refractivity contribution < 1.29 is 9.53 Å². The molecule has 1 N–H and O–H groups in total. The minimum Gasteiger partial charge on any atom is -0.466 e. The van der Waals surface area contributed by atoms with Gasteiger partial charge in [0.05, 0.1) is 6.61 Å². The minimum absolute atomic E-state index is 0.0784. The van der Waals surface area contributed by atoms with Crippen LogP contribution in [-0.2, 0) is 9.53 Å². The van der Waals surface area contributed by atoms with Crippen molar-refractivity contribution >= 4 is 5.97 Å². The molecule has 1 rings (SSSR count). The third-order valence-electron chi connectivity index (χ3n) is 3.09. The van der Waals surface area contributed by atoms with Crippen LogP contribution in [0, 0.1) is 0 Å². The Morgan fingerprint density at radius 1 is 1.24 bits per heavy atom. The number of esters is 1. The third kappa shape index (κ3) is 7.34. The number of carbonyl (C=O) groups excluding carboxylic acids is 1. The monoisotopic (exact) mass is 242 g/mol. The maximum atomic E-state index is 11.1. The number of piperidine rings is 1. The van der Waals surface area contributed by atoms with Crippen LogP contribution in [0.4, 0.5) is 0 Å². The second-order valence-electron chi connectivity index (χ2n) is 4.56. The van der Waals surface area contributed by atoms with Crippen LogP contribution in [0.5, 0.6) is 0 Å². The molecule has 0 aromatic carbocycles. The normalized spacial score (nSPS) is 17.0. The van der Waals surface area contributed by atoms with Crippen molar-refractivity contribution in [1.29, 1.82) is 0 Å². The first kappa shape index (κ1) is 14.5. The highest BCUT2D eigenvalue weighted by molar-refractivity contribution is 5.69. The molecule has 0 radical (unpaired) electrons. The molecule has 4 nitrogen and oxygen atoms in total. The standard InChI is InChI=1S/C13H26N2O2/c1-2-17-13(16)7-6-8-14-9-12-15-10-4-3-5-11-15/h14H,2-12H2,1H3. The average Bonchev–Trinajstić information content (AvgIpc) is 2.35. The molecule has 1 fully saturated rings. The van der Waals surface area contributed by atoms with Crippen LogP contribution in [0.2, 0.25) is 0 Å². The van der Waals surface area contributed by atoms with Gasteiger partial charge in [0.15, 0.2) is 0 Å². The molecule has 0 aromatic rings. The van der Waals surface area contributed by atoms with Gasteiger partial charge in [0.25, 0.3) is 0 Å². The number of likely N-dealkylation sites (tertiary alicyclic amines) is 1. The predicted octanol–water partition coefficient (Wildman–Crippen LogP) is 1.41. The summed E-state index contributed by atoms with van der Waals surface area (Å²) in [7, 11) is 0. The van der Waals surface area contributed by atoms with Crippen molar-refractivity contribution in [3.05, 3.63) is 0 Å². The molecule has 1 aliphatic rings. The molecule has 0 aliphatic carbocycles. The maximum Gasteiger partial charge on any atom is 0.305 e. The zero-order valence-corrected chi connectivity index (χ0v) is 11.0. The second-order valence-corrected chi connectivity index (χ2v) is 4.56. The van der Waals surface area contributed by atoms with Crippen molar-refractivity contribution in [2.75, 3.05) is 39.3 Å². The van der Waals surface area contributed by atoms with Crippen LogP contribution in [0.25, 0.3) is 0 Å². The van der Waals surface area contributed by atoms with E-state index in [0.717, 1.165) is 26.1 Å². The van der Waals surface area contributed by atoms with Gasteiger partial charge >= 0.3 is 5.97 Å². The first-order valence-electron chi connectivity index (χ1n) is 6.91. The van der Waals surface area contributed by atoms with E-state index in [9.17, 15) is 4.79 Å². The Kier molecular flexibility index (Phi) is 8.01. The first-order valence-corrected chi connectivity index (χ1v) is 6.91. The van der Waals surface area contributed by atoms with Crippen LogP contribution < -0.4 is 5.32 Å². The van der Waals surface area contributed by atoms with Crippen molar-refractivity contribution in [2.24, 2.45) is 0 Å². The van der Waals surface area contributed by atoms with Crippen LogP contribution in [0.1, 0.15) is 39.0 Å². The molecule has 1 saturated heterocycles. The van der Waals surface area contributed by atoms with E-state index in [1.54, 1.807) is 0 Å². The Labute approximate surface area is 105 Å². The zero-order valence-electron chi connectivity index (χ0n) is 11.0. The molecule has 0 atom stereocenters. The van der Waals surface area contributed by atoms with E-state index in [-0.39, 0.29) is 5.97 Å². The largest absolute Gasteiger partial charge is 0.466 e. The highest BCUT2D eigenvalue weighted by Crippen LogP contribution is 2.07. The number of hydrogen-bond acceptors (Lipinski definition) is 4. The molecular weight excluding hydrogens is 216 g/mol.